The maximum Gasteiger partial charge on any atom is 0.258 e. The molecular weight excluding hydrogens is 254 g/mol. The zero-order chi connectivity index (χ0) is 14.5. The number of aromatic nitrogens is 3. The minimum absolute atomic E-state index is 0.214. The van der Waals surface area contributed by atoms with Crippen LogP contribution in [-0.2, 0) is 12.8 Å². The summed E-state index contributed by atoms with van der Waals surface area (Å²) in [6.07, 6.45) is 1.52. The molecule has 0 saturated heterocycles. The Bertz CT molecular complexity index is 627. The molecule has 1 heterocycles. The lowest BCUT2D eigenvalue weighted by atomic mass is 10.2. The van der Waals surface area contributed by atoms with E-state index in [9.17, 15) is 4.79 Å². The molecule has 0 radical (unpaired) electrons. The molecule has 2 rings (SSSR count). The molecule has 3 N–H and O–H groups in total. The average Bonchev–Trinajstić information content (AvgIpc) is 2.47. The number of hydrogen-bond acceptors (Lipinski definition) is 5. The predicted octanol–water partition coefficient (Wildman–Crippen LogP) is 1.83. The zero-order valence-corrected chi connectivity index (χ0v) is 11.6. The van der Waals surface area contributed by atoms with Gasteiger partial charge < -0.3 is 5.73 Å². The van der Waals surface area contributed by atoms with Crippen LogP contribution >= 0.6 is 0 Å². The second kappa shape index (κ2) is 6.10. The number of benzene rings is 1. The maximum absolute atomic E-state index is 12.0. The molecule has 1 aromatic carbocycles. The number of nitrogen functional groups attached to an aromatic ring is 1. The van der Waals surface area contributed by atoms with Gasteiger partial charge in [-0.15, -0.1) is 10.2 Å². The van der Waals surface area contributed by atoms with Gasteiger partial charge in [-0.2, -0.15) is 0 Å². The summed E-state index contributed by atoms with van der Waals surface area (Å²) in [6, 6.07) is 6.73. The summed E-state index contributed by atoms with van der Waals surface area (Å²) in [6.45, 7) is 3.99. The van der Waals surface area contributed by atoms with Crippen molar-refractivity contribution in [1.29, 1.82) is 0 Å². The van der Waals surface area contributed by atoms with E-state index < -0.39 is 0 Å². The Hall–Kier alpha value is -2.50. The smallest absolute Gasteiger partial charge is 0.258 e. The second-order valence-corrected chi connectivity index (χ2v) is 4.32. The molecule has 6 nitrogen and oxygen atoms in total. The first-order valence-electron chi connectivity index (χ1n) is 6.53. The number of hydrogen-bond donors (Lipinski definition) is 2. The Morgan fingerprint density at radius 2 is 1.95 bits per heavy atom. The predicted molar refractivity (Wildman–Crippen MR) is 77.4 cm³/mol. The van der Waals surface area contributed by atoms with E-state index >= 15 is 0 Å². The Morgan fingerprint density at radius 1 is 1.20 bits per heavy atom. The van der Waals surface area contributed by atoms with Crippen molar-refractivity contribution < 1.29 is 4.79 Å². The van der Waals surface area contributed by atoms with Crippen molar-refractivity contribution in [2.45, 2.75) is 26.7 Å². The fourth-order valence-corrected chi connectivity index (χ4v) is 1.84. The van der Waals surface area contributed by atoms with Gasteiger partial charge in [0.25, 0.3) is 5.91 Å². The molecule has 0 unspecified atom stereocenters. The molecule has 1 amide bonds. The van der Waals surface area contributed by atoms with Gasteiger partial charge in [-0.05, 0) is 31.0 Å². The lowest BCUT2D eigenvalue weighted by Crippen LogP contribution is -2.16. The van der Waals surface area contributed by atoms with Crippen molar-refractivity contribution in [3.63, 3.8) is 0 Å². The summed E-state index contributed by atoms with van der Waals surface area (Å²) in [7, 11) is 0. The van der Waals surface area contributed by atoms with Gasteiger partial charge in [0.05, 0.1) is 11.4 Å². The summed E-state index contributed by atoms with van der Waals surface area (Å²) in [5.74, 6) is -0.0862. The molecule has 2 aromatic rings. The molecule has 0 aliphatic heterocycles. The second-order valence-electron chi connectivity index (χ2n) is 4.32. The largest absolute Gasteiger partial charge is 0.399 e. The molecule has 0 fully saturated rings. The SMILES string of the molecule is CCc1nnc(NC(=O)c2cccc(N)c2)nc1CC. The van der Waals surface area contributed by atoms with E-state index in [2.05, 4.69) is 20.5 Å². The van der Waals surface area contributed by atoms with E-state index in [1.165, 1.54) is 0 Å². The highest BCUT2D eigenvalue weighted by atomic mass is 16.1. The third-order valence-electron chi connectivity index (χ3n) is 2.88. The number of nitrogens with one attached hydrogen (secondary N) is 1. The van der Waals surface area contributed by atoms with Crippen molar-refractivity contribution in [2.75, 3.05) is 11.1 Å². The van der Waals surface area contributed by atoms with Crippen LogP contribution in [0.15, 0.2) is 24.3 Å². The molecule has 0 aliphatic rings. The van der Waals surface area contributed by atoms with Gasteiger partial charge in [-0.1, -0.05) is 19.9 Å². The van der Waals surface area contributed by atoms with Gasteiger partial charge in [-0.25, -0.2) is 4.98 Å². The Balaban J connectivity index is 2.19. The summed E-state index contributed by atoms with van der Waals surface area (Å²) < 4.78 is 0. The van der Waals surface area contributed by atoms with Crippen molar-refractivity contribution in [1.82, 2.24) is 15.2 Å². The quantitative estimate of drug-likeness (QED) is 0.827. The van der Waals surface area contributed by atoms with Gasteiger partial charge in [-0.3, -0.25) is 10.1 Å². The van der Waals surface area contributed by atoms with Crippen LogP contribution in [0.5, 0.6) is 0 Å². The Kier molecular flexibility index (Phi) is 4.24. The monoisotopic (exact) mass is 271 g/mol. The number of carbonyl (C=O) groups is 1. The van der Waals surface area contributed by atoms with Gasteiger partial charge >= 0.3 is 0 Å². The van der Waals surface area contributed by atoms with Crippen molar-refractivity contribution in [3.8, 4) is 0 Å². The highest BCUT2D eigenvalue weighted by Crippen LogP contribution is 2.10. The third-order valence-corrected chi connectivity index (χ3v) is 2.88. The minimum Gasteiger partial charge on any atom is -0.399 e. The first-order chi connectivity index (χ1) is 9.63. The van der Waals surface area contributed by atoms with Crippen LogP contribution in [0.3, 0.4) is 0 Å². The van der Waals surface area contributed by atoms with E-state index in [0.717, 1.165) is 24.2 Å². The van der Waals surface area contributed by atoms with E-state index in [1.54, 1.807) is 24.3 Å². The van der Waals surface area contributed by atoms with Crippen LogP contribution < -0.4 is 11.1 Å². The molecule has 0 spiro atoms. The Labute approximate surface area is 117 Å². The van der Waals surface area contributed by atoms with E-state index in [-0.39, 0.29) is 11.9 Å². The maximum atomic E-state index is 12.0. The fourth-order valence-electron chi connectivity index (χ4n) is 1.84. The van der Waals surface area contributed by atoms with E-state index in [4.69, 9.17) is 5.73 Å². The Morgan fingerprint density at radius 3 is 2.60 bits per heavy atom. The lowest BCUT2D eigenvalue weighted by molar-refractivity contribution is 0.102. The van der Waals surface area contributed by atoms with E-state index in [1.807, 2.05) is 13.8 Å². The molecular formula is C14H17N5O. The lowest BCUT2D eigenvalue weighted by Gasteiger charge is -2.07. The number of aryl methyl sites for hydroxylation is 2. The van der Waals surface area contributed by atoms with Crippen molar-refractivity contribution >= 4 is 17.5 Å². The molecule has 0 saturated carbocycles. The third kappa shape index (κ3) is 3.09. The number of rotatable bonds is 4. The van der Waals surface area contributed by atoms with Crippen LogP contribution in [0.4, 0.5) is 11.6 Å². The van der Waals surface area contributed by atoms with Crippen LogP contribution in [0, 0.1) is 0 Å². The number of nitrogens with zero attached hydrogens (tertiary/aromatic N) is 3. The van der Waals surface area contributed by atoms with Gasteiger partial charge in [0.1, 0.15) is 0 Å². The summed E-state index contributed by atoms with van der Waals surface area (Å²) in [4.78, 5) is 16.4. The summed E-state index contributed by atoms with van der Waals surface area (Å²) in [5.41, 5.74) is 8.36. The van der Waals surface area contributed by atoms with Crippen LogP contribution in [-0.4, -0.2) is 21.1 Å². The zero-order valence-electron chi connectivity index (χ0n) is 11.6. The first-order valence-corrected chi connectivity index (χ1v) is 6.53. The van der Waals surface area contributed by atoms with Crippen molar-refractivity contribution in [3.05, 3.63) is 41.2 Å². The highest BCUT2D eigenvalue weighted by molar-refractivity contribution is 6.03. The van der Waals surface area contributed by atoms with Crippen LogP contribution in [0.25, 0.3) is 0 Å². The van der Waals surface area contributed by atoms with Crippen LogP contribution in [0.1, 0.15) is 35.6 Å². The normalized spacial score (nSPS) is 10.3. The molecule has 20 heavy (non-hydrogen) atoms. The molecule has 104 valence electrons. The molecule has 1 aromatic heterocycles. The molecule has 0 atom stereocenters. The number of amides is 1. The molecule has 6 heteroatoms. The number of anilines is 2. The van der Waals surface area contributed by atoms with Crippen molar-refractivity contribution in [2.24, 2.45) is 0 Å². The molecule has 0 bridgehead atoms. The summed E-state index contributed by atoms with van der Waals surface area (Å²) >= 11 is 0. The van der Waals surface area contributed by atoms with E-state index in [0.29, 0.717) is 11.3 Å². The minimum atomic E-state index is -0.301. The first kappa shape index (κ1) is 13.9. The van der Waals surface area contributed by atoms with Gasteiger partial charge in [0, 0.05) is 11.3 Å². The fraction of sp³-hybridized carbons (Fsp3) is 0.286. The average molecular weight is 271 g/mol. The summed E-state index contributed by atoms with van der Waals surface area (Å²) in [5, 5.41) is 10.6. The number of carbonyl (C=O) groups excluding carboxylic acids is 1. The highest BCUT2D eigenvalue weighted by Gasteiger charge is 2.11. The van der Waals surface area contributed by atoms with Gasteiger partial charge in [0.15, 0.2) is 0 Å². The topological polar surface area (TPSA) is 93.8 Å². The van der Waals surface area contributed by atoms with Gasteiger partial charge in [0.2, 0.25) is 5.95 Å². The van der Waals surface area contributed by atoms with Crippen LogP contribution in [0.2, 0.25) is 0 Å². The molecule has 0 aliphatic carbocycles. The standard InChI is InChI=1S/C14H17N5O/c1-3-11-12(4-2)18-19-14(16-11)17-13(20)9-6-5-7-10(15)8-9/h5-8H,3-4,15H2,1-2H3,(H,16,17,19,20). The number of nitrogens with two attached hydrogens (primary N) is 1.